The van der Waals surface area contributed by atoms with E-state index in [-0.39, 0.29) is 11.8 Å². The van der Waals surface area contributed by atoms with Crippen LogP contribution in [-0.2, 0) is 0 Å². The fourth-order valence-corrected chi connectivity index (χ4v) is 3.08. The first-order chi connectivity index (χ1) is 9.17. The van der Waals surface area contributed by atoms with Crippen LogP contribution in [0.2, 0.25) is 0 Å². The molecule has 1 aliphatic heterocycles. The van der Waals surface area contributed by atoms with Gasteiger partial charge in [-0.3, -0.25) is 4.90 Å². The van der Waals surface area contributed by atoms with Crippen molar-refractivity contribution in [2.75, 3.05) is 26.2 Å². The van der Waals surface area contributed by atoms with Crippen LogP contribution < -0.4 is 5.32 Å². The van der Waals surface area contributed by atoms with Crippen LogP contribution in [0.1, 0.15) is 30.5 Å². The monoisotopic (exact) mass is 323 g/mol. The van der Waals surface area contributed by atoms with Crippen molar-refractivity contribution in [3.8, 4) is 11.8 Å². The van der Waals surface area contributed by atoms with Gasteiger partial charge in [0.1, 0.15) is 5.75 Å². The van der Waals surface area contributed by atoms with Crippen LogP contribution in [0.15, 0.2) is 16.6 Å². The van der Waals surface area contributed by atoms with Crippen molar-refractivity contribution >= 4 is 15.9 Å². The summed E-state index contributed by atoms with van der Waals surface area (Å²) in [4.78, 5) is 2.36. The first-order valence-corrected chi connectivity index (χ1v) is 7.34. The molecular weight excluding hydrogens is 306 g/mol. The lowest BCUT2D eigenvalue weighted by atomic mass is 9.99. The summed E-state index contributed by atoms with van der Waals surface area (Å²) in [6.07, 6.45) is 0.912. The first-order valence-electron chi connectivity index (χ1n) is 6.54. The number of piperazine rings is 1. The van der Waals surface area contributed by atoms with Crippen LogP contribution in [0.4, 0.5) is 0 Å². The molecule has 0 bridgehead atoms. The zero-order valence-electron chi connectivity index (χ0n) is 11.0. The summed E-state index contributed by atoms with van der Waals surface area (Å²) in [6, 6.07) is 5.76. The van der Waals surface area contributed by atoms with Crippen molar-refractivity contribution < 1.29 is 5.11 Å². The van der Waals surface area contributed by atoms with E-state index in [1.54, 1.807) is 12.1 Å². The van der Waals surface area contributed by atoms with Gasteiger partial charge in [0.2, 0.25) is 0 Å². The average molecular weight is 324 g/mol. The van der Waals surface area contributed by atoms with Gasteiger partial charge in [-0.05, 0) is 34.5 Å². The van der Waals surface area contributed by atoms with Gasteiger partial charge in [0, 0.05) is 37.8 Å². The van der Waals surface area contributed by atoms with Gasteiger partial charge < -0.3 is 10.4 Å². The Kier molecular flexibility index (Phi) is 4.81. The molecule has 1 atom stereocenters. The van der Waals surface area contributed by atoms with E-state index >= 15 is 0 Å². The Morgan fingerprint density at radius 2 is 2.16 bits per heavy atom. The Balaban J connectivity index is 2.37. The quantitative estimate of drug-likeness (QED) is 0.896. The lowest BCUT2D eigenvalue weighted by Gasteiger charge is -2.35. The third-order valence-corrected chi connectivity index (χ3v) is 4.16. The second-order valence-corrected chi connectivity index (χ2v) is 5.57. The van der Waals surface area contributed by atoms with Gasteiger partial charge in [-0.1, -0.05) is 6.92 Å². The summed E-state index contributed by atoms with van der Waals surface area (Å²) < 4.78 is 0.593. The molecule has 1 saturated heterocycles. The third-order valence-electron chi connectivity index (χ3n) is 3.56. The van der Waals surface area contributed by atoms with Crippen LogP contribution in [-0.4, -0.2) is 36.2 Å². The number of aromatic hydroxyl groups is 1. The number of phenolic OH excluding ortho intramolecular Hbond substituents is 1. The lowest BCUT2D eigenvalue weighted by Crippen LogP contribution is -2.45. The molecule has 102 valence electrons. The minimum absolute atomic E-state index is 0.159. The zero-order chi connectivity index (χ0) is 13.8. The summed E-state index contributed by atoms with van der Waals surface area (Å²) in [5, 5.41) is 22.6. The molecule has 4 nitrogen and oxygen atoms in total. The van der Waals surface area contributed by atoms with E-state index in [0.717, 1.165) is 38.2 Å². The standard InChI is InChI=1S/C14H18BrN3O/c1-2-13(18-5-3-17-4-6-18)11-7-10(9-16)8-12(15)14(11)19/h7-8,13,17,19H,2-6H2,1H3/t13-/m0/s1. The molecule has 0 spiro atoms. The van der Waals surface area contributed by atoms with Crippen LogP contribution in [0.3, 0.4) is 0 Å². The Morgan fingerprint density at radius 3 is 2.74 bits per heavy atom. The van der Waals surface area contributed by atoms with Crippen molar-refractivity contribution in [3.63, 3.8) is 0 Å². The van der Waals surface area contributed by atoms with Gasteiger partial charge in [0.05, 0.1) is 16.1 Å². The largest absolute Gasteiger partial charge is 0.506 e. The molecule has 1 aliphatic rings. The lowest BCUT2D eigenvalue weighted by molar-refractivity contribution is 0.166. The molecule has 2 N–H and O–H groups in total. The minimum Gasteiger partial charge on any atom is -0.506 e. The number of halogens is 1. The van der Waals surface area contributed by atoms with Gasteiger partial charge in [-0.25, -0.2) is 0 Å². The highest BCUT2D eigenvalue weighted by molar-refractivity contribution is 9.10. The van der Waals surface area contributed by atoms with Gasteiger partial charge in [-0.15, -0.1) is 0 Å². The highest BCUT2D eigenvalue weighted by atomic mass is 79.9. The van der Waals surface area contributed by atoms with Gasteiger partial charge >= 0.3 is 0 Å². The summed E-state index contributed by atoms with van der Waals surface area (Å²) in [5.74, 6) is 0.254. The zero-order valence-corrected chi connectivity index (χ0v) is 12.6. The predicted octanol–water partition coefficient (Wildman–Crippen LogP) is 2.38. The summed E-state index contributed by atoms with van der Waals surface area (Å²) in [5.41, 5.74) is 1.42. The number of hydrogen-bond donors (Lipinski definition) is 2. The van der Waals surface area contributed by atoms with Gasteiger partial charge in [-0.2, -0.15) is 5.26 Å². The highest BCUT2D eigenvalue weighted by Gasteiger charge is 2.24. The molecule has 0 radical (unpaired) electrons. The molecule has 0 aliphatic carbocycles. The Morgan fingerprint density at radius 1 is 1.47 bits per heavy atom. The number of hydrogen-bond acceptors (Lipinski definition) is 4. The van der Waals surface area contributed by atoms with Crippen molar-refractivity contribution in [1.29, 1.82) is 5.26 Å². The molecule has 1 heterocycles. The molecule has 19 heavy (non-hydrogen) atoms. The maximum absolute atomic E-state index is 10.3. The van der Waals surface area contributed by atoms with Crippen molar-refractivity contribution in [2.24, 2.45) is 0 Å². The van der Waals surface area contributed by atoms with Crippen molar-refractivity contribution in [1.82, 2.24) is 10.2 Å². The van der Waals surface area contributed by atoms with Crippen molar-refractivity contribution in [2.45, 2.75) is 19.4 Å². The van der Waals surface area contributed by atoms with E-state index < -0.39 is 0 Å². The summed E-state index contributed by atoms with van der Waals surface area (Å²) in [6.45, 7) is 5.98. The predicted molar refractivity (Wildman–Crippen MR) is 78.0 cm³/mol. The highest BCUT2D eigenvalue weighted by Crippen LogP contribution is 2.37. The molecule has 0 aromatic heterocycles. The molecular formula is C14H18BrN3O. The molecule has 0 saturated carbocycles. The number of rotatable bonds is 3. The Hall–Kier alpha value is -1.09. The molecule has 1 aromatic carbocycles. The molecule has 1 fully saturated rings. The summed E-state index contributed by atoms with van der Waals surface area (Å²) in [7, 11) is 0. The Labute approximate surface area is 122 Å². The fraction of sp³-hybridized carbons (Fsp3) is 0.500. The Bertz CT molecular complexity index is 492. The normalized spacial score (nSPS) is 17.9. The first kappa shape index (κ1) is 14.3. The second-order valence-electron chi connectivity index (χ2n) is 4.72. The van der Waals surface area contributed by atoms with Gasteiger partial charge in [0.25, 0.3) is 0 Å². The van der Waals surface area contributed by atoms with E-state index in [2.05, 4.69) is 39.1 Å². The topological polar surface area (TPSA) is 59.3 Å². The van der Waals surface area contributed by atoms with Gasteiger partial charge in [0.15, 0.2) is 0 Å². The maximum Gasteiger partial charge on any atom is 0.134 e. The van der Waals surface area contributed by atoms with E-state index in [0.29, 0.717) is 10.0 Å². The smallest absolute Gasteiger partial charge is 0.134 e. The molecule has 0 unspecified atom stereocenters. The third kappa shape index (κ3) is 3.08. The number of benzene rings is 1. The van der Waals surface area contributed by atoms with E-state index in [1.807, 2.05) is 0 Å². The molecule has 0 amide bonds. The van der Waals surface area contributed by atoms with Crippen LogP contribution >= 0.6 is 15.9 Å². The average Bonchev–Trinajstić information content (AvgIpc) is 2.45. The number of nitriles is 1. The molecule has 5 heteroatoms. The van der Waals surface area contributed by atoms with E-state index in [4.69, 9.17) is 5.26 Å². The molecule has 1 aromatic rings. The van der Waals surface area contributed by atoms with E-state index in [9.17, 15) is 5.11 Å². The SMILES string of the molecule is CC[C@@H](c1cc(C#N)cc(Br)c1O)N1CCNCC1. The van der Waals surface area contributed by atoms with E-state index in [1.165, 1.54) is 0 Å². The number of nitrogens with one attached hydrogen (secondary N) is 1. The molecule has 2 rings (SSSR count). The summed E-state index contributed by atoms with van der Waals surface area (Å²) >= 11 is 3.33. The number of phenols is 1. The van der Waals surface area contributed by atoms with Crippen LogP contribution in [0, 0.1) is 11.3 Å². The van der Waals surface area contributed by atoms with Crippen molar-refractivity contribution in [3.05, 3.63) is 27.7 Å². The minimum atomic E-state index is 0.159. The fourth-order valence-electron chi connectivity index (χ4n) is 2.61. The second kappa shape index (κ2) is 6.38. The number of nitrogens with zero attached hydrogens (tertiary/aromatic N) is 2. The maximum atomic E-state index is 10.3. The van der Waals surface area contributed by atoms with Crippen LogP contribution in [0.25, 0.3) is 0 Å². The van der Waals surface area contributed by atoms with Crippen LogP contribution in [0.5, 0.6) is 5.75 Å².